The van der Waals surface area contributed by atoms with E-state index in [0.29, 0.717) is 63.8 Å². The zero-order valence-electron chi connectivity index (χ0n) is 30.7. The second-order valence-corrected chi connectivity index (χ2v) is 12.0. The molecular weight excluding hydrogens is 696 g/mol. The van der Waals surface area contributed by atoms with Gasteiger partial charge in [-0.3, -0.25) is 33.9 Å². The van der Waals surface area contributed by atoms with Crippen LogP contribution in [-0.2, 0) is 26.2 Å². The van der Waals surface area contributed by atoms with Gasteiger partial charge in [-0.25, -0.2) is 9.97 Å². The summed E-state index contributed by atoms with van der Waals surface area (Å²) in [6.07, 6.45) is 7.86. The molecule has 6 aromatic rings. The number of methoxy groups -OCH3 is 1. The number of hydrogen-bond donors (Lipinski definition) is 5. The van der Waals surface area contributed by atoms with Crippen molar-refractivity contribution in [2.45, 2.75) is 53.9 Å². The smallest absolute Gasteiger partial charge is 0.276 e. The number of benzene rings is 2. The molecule has 7 N–H and O–H groups in total. The Morgan fingerprint density at radius 3 is 1.94 bits per heavy atom. The van der Waals surface area contributed by atoms with Crippen molar-refractivity contribution in [2.75, 3.05) is 24.8 Å². The minimum Gasteiger partial charge on any atom is -0.506 e. The highest BCUT2D eigenvalue weighted by molar-refractivity contribution is 6.05. The van der Waals surface area contributed by atoms with Gasteiger partial charge in [0.2, 0.25) is 23.7 Å². The summed E-state index contributed by atoms with van der Waals surface area (Å²) in [6.45, 7) is 9.31. The number of carbonyl (C=O) groups is 4. The van der Waals surface area contributed by atoms with E-state index in [0.717, 1.165) is 18.4 Å². The molecule has 18 heteroatoms. The van der Waals surface area contributed by atoms with Crippen molar-refractivity contribution in [3.8, 4) is 11.5 Å². The predicted octanol–water partition coefficient (Wildman–Crippen LogP) is 3.40. The number of carbonyl (C=O) groups excluding carboxylic acids is 4. The first-order valence-corrected chi connectivity index (χ1v) is 16.9. The number of aromatic hydroxyl groups is 1. The van der Waals surface area contributed by atoms with Gasteiger partial charge in [0.1, 0.15) is 33.9 Å². The van der Waals surface area contributed by atoms with Crippen molar-refractivity contribution in [3.05, 3.63) is 82.5 Å². The van der Waals surface area contributed by atoms with E-state index >= 15 is 0 Å². The van der Waals surface area contributed by atoms with E-state index in [9.17, 15) is 24.3 Å². The molecule has 0 aliphatic heterocycles. The number of nitrogens with one attached hydrogen (secondary N) is 2. The molecule has 0 saturated carbocycles. The summed E-state index contributed by atoms with van der Waals surface area (Å²) in [4.78, 5) is 56.5. The van der Waals surface area contributed by atoms with Gasteiger partial charge in [-0.15, -0.1) is 0 Å². The molecule has 282 valence electrons. The van der Waals surface area contributed by atoms with E-state index in [1.807, 2.05) is 32.9 Å². The number of nitrogens with two attached hydrogens (primary N) is 2. The first-order chi connectivity index (χ1) is 25.9. The summed E-state index contributed by atoms with van der Waals surface area (Å²) in [7, 11) is 3.16. The number of rotatable bonds is 13. The van der Waals surface area contributed by atoms with Crippen molar-refractivity contribution in [1.29, 1.82) is 0 Å². The van der Waals surface area contributed by atoms with E-state index in [1.165, 1.54) is 31.4 Å². The maximum absolute atomic E-state index is 13.4. The average molecular weight is 739 g/mol. The van der Waals surface area contributed by atoms with Crippen molar-refractivity contribution in [3.63, 3.8) is 0 Å². The minimum atomic E-state index is -0.675. The van der Waals surface area contributed by atoms with Crippen molar-refractivity contribution < 1.29 is 29.0 Å². The second-order valence-electron chi connectivity index (χ2n) is 12.0. The number of phenols is 1. The summed E-state index contributed by atoms with van der Waals surface area (Å²) in [5, 5.41) is 24.8. The normalized spacial score (nSPS) is 11.1. The SMILES string of the molecule is CCn1ncc(C)c1C(=O)Nc1nc2cc(C(N)=O)cc(OC)c2n1C/C=C/Cn1c(NC)nc2cc(C(N)=O)cc(O)c21.CCn1ncc(C)c1C=O. The van der Waals surface area contributed by atoms with Crippen molar-refractivity contribution >= 4 is 58.0 Å². The van der Waals surface area contributed by atoms with Crippen LogP contribution in [0.25, 0.3) is 22.1 Å². The highest BCUT2D eigenvalue weighted by Crippen LogP contribution is 2.32. The average Bonchev–Trinajstić information content (AvgIpc) is 3.91. The molecule has 2 aromatic carbocycles. The summed E-state index contributed by atoms with van der Waals surface area (Å²) in [5.41, 5.74) is 15.8. The highest BCUT2D eigenvalue weighted by Gasteiger charge is 2.22. The van der Waals surface area contributed by atoms with Crippen LogP contribution < -0.4 is 26.8 Å². The van der Waals surface area contributed by atoms with Gasteiger partial charge in [0, 0.05) is 44.4 Å². The zero-order valence-corrected chi connectivity index (χ0v) is 30.7. The molecule has 0 aliphatic carbocycles. The van der Waals surface area contributed by atoms with Crippen LogP contribution in [0.15, 0.2) is 48.8 Å². The summed E-state index contributed by atoms with van der Waals surface area (Å²) >= 11 is 0. The number of phenolic OH excluding ortho intramolecular Hbond substituents is 1. The van der Waals surface area contributed by atoms with Gasteiger partial charge in [-0.1, -0.05) is 12.2 Å². The Hall–Kier alpha value is -6.98. The summed E-state index contributed by atoms with van der Waals surface area (Å²) in [6, 6.07) is 5.88. The third-order valence-corrected chi connectivity index (χ3v) is 8.63. The van der Waals surface area contributed by atoms with E-state index in [-0.39, 0.29) is 29.4 Å². The lowest BCUT2D eigenvalue weighted by Crippen LogP contribution is -2.20. The van der Waals surface area contributed by atoms with Crippen LogP contribution in [0, 0.1) is 13.8 Å². The molecule has 0 radical (unpaired) electrons. The molecule has 4 heterocycles. The quantitative estimate of drug-likeness (QED) is 0.0849. The van der Waals surface area contributed by atoms with Gasteiger partial charge < -0.3 is 35.8 Å². The first-order valence-electron chi connectivity index (χ1n) is 16.9. The standard InChI is InChI=1S/C29H32N10O5.C7H10N2O/c1-5-39-22(15(2)14-33-39)27(43)36-29-35-19-11-17(26(31)42)13-21(44-4)24(19)38(29)9-7-6-8-37-23-18(34-28(37)32-3)10-16(25(30)41)12-20(23)40;1-3-9-7(5-10)6(2)4-8-9/h6-7,10-14,40H,5,8-9H2,1-4H3,(H2,30,41)(H2,31,42)(H,32,34)(H,35,36,43);4-5H,3H2,1-2H3/b7-6+;. The first kappa shape index (κ1) is 38.3. The molecule has 0 bridgehead atoms. The van der Waals surface area contributed by atoms with Gasteiger partial charge in [0.25, 0.3) is 5.91 Å². The number of nitrogens with zero attached hydrogens (tertiary/aromatic N) is 8. The van der Waals surface area contributed by atoms with Crippen LogP contribution >= 0.6 is 0 Å². The van der Waals surface area contributed by atoms with Crippen LogP contribution in [-0.4, -0.2) is 81.9 Å². The lowest BCUT2D eigenvalue weighted by atomic mass is 10.1. The van der Waals surface area contributed by atoms with Crippen LogP contribution in [0.5, 0.6) is 11.5 Å². The van der Waals surface area contributed by atoms with Gasteiger partial charge in [-0.2, -0.15) is 10.2 Å². The topological polar surface area (TPSA) is 245 Å². The lowest BCUT2D eigenvalue weighted by Gasteiger charge is -2.12. The molecular formula is C36H42N12O6. The number of amides is 3. The third kappa shape index (κ3) is 7.48. The van der Waals surface area contributed by atoms with Crippen LogP contribution in [0.2, 0.25) is 0 Å². The molecule has 0 saturated heterocycles. The predicted molar refractivity (Wildman–Crippen MR) is 202 cm³/mol. The Balaban J connectivity index is 0.000000486. The van der Waals surface area contributed by atoms with E-state index in [4.69, 9.17) is 16.2 Å². The van der Waals surface area contributed by atoms with Gasteiger partial charge >= 0.3 is 0 Å². The molecule has 4 aromatic heterocycles. The molecule has 0 fully saturated rings. The highest BCUT2D eigenvalue weighted by atomic mass is 16.5. The number of ether oxygens (including phenoxy) is 1. The summed E-state index contributed by atoms with van der Waals surface area (Å²) < 4.78 is 12.4. The maximum Gasteiger partial charge on any atom is 0.276 e. The number of imidazole rings is 2. The fourth-order valence-corrected chi connectivity index (χ4v) is 5.99. The molecule has 3 amide bonds. The molecule has 0 unspecified atom stereocenters. The van der Waals surface area contributed by atoms with Gasteiger partial charge in [-0.05, 0) is 63.1 Å². The molecule has 6 rings (SSSR count). The molecule has 18 nitrogen and oxygen atoms in total. The monoisotopic (exact) mass is 738 g/mol. The van der Waals surface area contributed by atoms with Crippen LogP contribution in [0.3, 0.4) is 0 Å². The second kappa shape index (κ2) is 16.1. The number of aromatic nitrogens is 8. The number of primary amides is 2. The van der Waals surface area contributed by atoms with E-state index in [1.54, 1.807) is 44.9 Å². The van der Waals surface area contributed by atoms with E-state index < -0.39 is 17.7 Å². The number of anilines is 2. The number of fused-ring (bicyclic) bond motifs is 2. The summed E-state index contributed by atoms with van der Waals surface area (Å²) in [5.74, 6) is -0.824. The van der Waals surface area contributed by atoms with Crippen LogP contribution in [0.1, 0.15) is 66.7 Å². The third-order valence-electron chi connectivity index (χ3n) is 8.63. The van der Waals surface area contributed by atoms with Crippen LogP contribution in [0.4, 0.5) is 11.9 Å². The Bertz CT molecular complexity index is 2420. The molecule has 0 spiro atoms. The molecule has 0 atom stereocenters. The number of aldehydes is 1. The largest absolute Gasteiger partial charge is 0.506 e. The fourth-order valence-electron chi connectivity index (χ4n) is 5.99. The number of hydrogen-bond acceptors (Lipinski definition) is 11. The number of aryl methyl sites for hydroxylation is 4. The van der Waals surface area contributed by atoms with Gasteiger partial charge in [0.15, 0.2) is 6.29 Å². The Morgan fingerprint density at radius 2 is 1.39 bits per heavy atom. The fraction of sp³-hybridized carbons (Fsp3) is 0.278. The lowest BCUT2D eigenvalue weighted by molar-refractivity contribution is 0.0991. The van der Waals surface area contributed by atoms with E-state index in [2.05, 4.69) is 30.8 Å². The maximum atomic E-state index is 13.4. The van der Waals surface area contributed by atoms with Gasteiger partial charge in [0.05, 0.1) is 30.5 Å². The number of allylic oxidation sites excluding steroid dienone is 2. The minimum absolute atomic E-state index is 0.138. The van der Waals surface area contributed by atoms with Crippen molar-refractivity contribution in [1.82, 2.24) is 38.7 Å². The Labute approximate surface area is 309 Å². The molecule has 54 heavy (non-hydrogen) atoms. The van der Waals surface area contributed by atoms with Crippen molar-refractivity contribution in [2.24, 2.45) is 11.5 Å². The molecule has 0 aliphatic rings. The Morgan fingerprint density at radius 1 is 0.833 bits per heavy atom. The zero-order chi connectivity index (χ0) is 39.3. The Kier molecular flexibility index (Phi) is 11.4.